The summed E-state index contributed by atoms with van der Waals surface area (Å²) >= 11 is 0. The smallest absolute Gasteiger partial charge is 0.230 e. The number of nitrogens with zero attached hydrogens (tertiary/aromatic N) is 1. The topological polar surface area (TPSA) is 66.6 Å². The Hall–Kier alpha value is -0.610. The van der Waals surface area contributed by atoms with E-state index in [-0.39, 0.29) is 24.0 Å². The molecule has 0 bridgehead atoms. The van der Waals surface area contributed by atoms with Crippen LogP contribution >= 0.6 is 0 Å². The summed E-state index contributed by atoms with van der Waals surface area (Å²) in [5.74, 6) is 0.278. The van der Waals surface area contributed by atoms with E-state index in [0.717, 1.165) is 45.1 Å². The molecule has 20 heavy (non-hydrogen) atoms. The number of aliphatic hydroxyl groups excluding tert-OH is 1. The van der Waals surface area contributed by atoms with Gasteiger partial charge in [-0.2, -0.15) is 0 Å². The monoisotopic (exact) mass is 282 g/mol. The van der Waals surface area contributed by atoms with Crippen LogP contribution in [0.5, 0.6) is 0 Å². The number of hydrogen-bond donors (Lipinski definition) is 2. The van der Waals surface area contributed by atoms with Crippen LogP contribution in [0.25, 0.3) is 0 Å². The summed E-state index contributed by atoms with van der Waals surface area (Å²) in [6, 6.07) is 0.230. The summed E-state index contributed by atoms with van der Waals surface area (Å²) in [7, 11) is 0. The number of carbonyl (C=O) groups excluding carboxylic acids is 1. The van der Waals surface area contributed by atoms with Gasteiger partial charge in [0, 0.05) is 25.7 Å². The lowest BCUT2D eigenvalue weighted by atomic mass is 9.78. The summed E-state index contributed by atoms with van der Waals surface area (Å²) in [6.07, 6.45) is 10.6. The van der Waals surface area contributed by atoms with Crippen molar-refractivity contribution in [2.24, 2.45) is 11.1 Å². The molecule has 1 saturated carbocycles. The first-order chi connectivity index (χ1) is 9.73. The second-order valence-corrected chi connectivity index (χ2v) is 6.56. The molecular weight excluding hydrogens is 252 g/mol. The lowest BCUT2D eigenvalue weighted by Crippen LogP contribution is -2.53. The molecule has 4 nitrogen and oxygen atoms in total. The highest BCUT2D eigenvalue weighted by Crippen LogP contribution is 2.37. The van der Waals surface area contributed by atoms with Gasteiger partial charge in [-0.25, -0.2) is 0 Å². The van der Waals surface area contributed by atoms with Crippen LogP contribution in [0.3, 0.4) is 0 Å². The fourth-order valence-corrected chi connectivity index (χ4v) is 3.93. The van der Waals surface area contributed by atoms with E-state index in [2.05, 4.69) is 4.90 Å². The van der Waals surface area contributed by atoms with Gasteiger partial charge in [-0.15, -0.1) is 0 Å². The van der Waals surface area contributed by atoms with Gasteiger partial charge in [0.2, 0.25) is 5.91 Å². The summed E-state index contributed by atoms with van der Waals surface area (Å²) < 4.78 is 0. The SMILES string of the molecule is NCC1(C(=O)N2CCCCC2CCO)CCCCCC1. The fourth-order valence-electron chi connectivity index (χ4n) is 3.93. The van der Waals surface area contributed by atoms with Crippen molar-refractivity contribution < 1.29 is 9.90 Å². The molecule has 0 radical (unpaired) electrons. The minimum Gasteiger partial charge on any atom is -0.396 e. The third-order valence-electron chi connectivity index (χ3n) is 5.26. The van der Waals surface area contributed by atoms with Crippen molar-refractivity contribution in [2.45, 2.75) is 70.3 Å². The van der Waals surface area contributed by atoms with Gasteiger partial charge in [0.15, 0.2) is 0 Å². The van der Waals surface area contributed by atoms with Gasteiger partial charge in [0.25, 0.3) is 0 Å². The molecule has 1 amide bonds. The van der Waals surface area contributed by atoms with Gasteiger partial charge < -0.3 is 15.7 Å². The zero-order valence-electron chi connectivity index (χ0n) is 12.6. The van der Waals surface area contributed by atoms with Crippen LogP contribution < -0.4 is 5.73 Å². The lowest BCUT2D eigenvalue weighted by Gasteiger charge is -2.42. The van der Waals surface area contributed by atoms with Crippen LogP contribution in [-0.2, 0) is 4.79 Å². The maximum absolute atomic E-state index is 13.1. The zero-order chi connectivity index (χ0) is 14.4. The van der Waals surface area contributed by atoms with Crippen LogP contribution in [0.1, 0.15) is 64.2 Å². The van der Waals surface area contributed by atoms with E-state index in [1.807, 2.05) is 0 Å². The first-order valence-corrected chi connectivity index (χ1v) is 8.35. The predicted molar refractivity (Wildman–Crippen MR) is 80.2 cm³/mol. The quantitative estimate of drug-likeness (QED) is 0.776. The fraction of sp³-hybridized carbons (Fsp3) is 0.938. The standard InChI is InChI=1S/C16H30N2O2/c17-13-16(9-4-1-2-5-10-16)15(20)18-11-6-3-7-14(18)8-12-19/h14,19H,1-13,17H2. The molecule has 1 aliphatic carbocycles. The average molecular weight is 282 g/mol. The molecule has 0 spiro atoms. The van der Waals surface area contributed by atoms with E-state index < -0.39 is 0 Å². The Morgan fingerprint density at radius 2 is 1.85 bits per heavy atom. The molecule has 1 unspecified atom stereocenters. The first kappa shape index (κ1) is 15.8. The second kappa shape index (κ2) is 7.41. The van der Waals surface area contributed by atoms with Crippen LogP contribution in [0.4, 0.5) is 0 Å². The number of nitrogens with two attached hydrogens (primary N) is 1. The molecule has 1 atom stereocenters. The van der Waals surface area contributed by atoms with Gasteiger partial charge in [0.05, 0.1) is 5.41 Å². The number of piperidine rings is 1. The highest BCUT2D eigenvalue weighted by molar-refractivity contribution is 5.83. The van der Waals surface area contributed by atoms with Crippen molar-refractivity contribution >= 4 is 5.91 Å². The number of hydrogen-bond acceptors (Lipinski definition) is 3. The van der Waals surface area contributed by atoms with Crippen molar-refractivity contribution in [1.82, 2.24) is 4.90 Å². The molecule has 4 heteroatoms. The maximum Gasteiger partial charge on any atom is 0.230 e. The third-order valence-corrected chi connectivity index (χ3v) is 5.26. The van der Waals surface area contributed by atoms with Crippen molar-refractivity contribution in [1.29, 1.82) is 0 Å². The molecule has 2 aliphatic rings. The second-order valence-electron chi connectivity index (χ2n) is 6.56. The van der Waals surface area contributed by atoms with Crippen molar-refractivity contribution in [3.63, 3.8) is 0 Å². The number of amides is 1. The normalized spacial score (nSPS) is 27.1. The molecule has 1 heterocycles. The average Bonchev–Trinajstić information content (AvgIpc) is 2.74. The van der Waals surface area contributed by atoms with Crippen LogP contribution in [-0.4, -0.2) is 41.7 Å². The Kier molecular flexibility index (Phi) is 5.85. The molecule has 0 aromatic rings. The number of carbonyl (C=O) groups is 1. The Morgan fingerprint density at radius 3 is 2.45 bits per heavy atom. The minimum atomic E-state index is -0.318. The van der Waals surface area contributed by atoms with Gasteiger partial charge in [-0.3, -0.25) is 4.79 Å². The molecule has 0 aromatic carbocycles. The Labute approximate surface area is 122 Å². The molecule has 116 valence electrons. The summed E-state index contributed by atoms with van der Waals surface area (Å²) in [5.41, 5.74) is 5.72. The molecule has 2 rings (SSSR count). The van der Waals surface area contributed by atoms with E-state index in [9.17, 15) is 9.90 Å². The van der Waals surface area contributed by atoms with Gasteiger partial charge in [-0.05, 0) is 38.5 Å². The van der Waals surface area contributed by atoms with Gasteiger partial charge in [0.1, 0.15) is 0 Å². The number of aliphatic hydroxyl groups is 1. The van der Waals surface area contributed by atoms with Crippen LogP contribution in [0.15, 0.2) is 0 Å². The van der Waals surface area contributed by atoms with Crippen LogP contribution in [0, 0.1) is 5.41 Å². The van der Waals surface area contributed by atoms with Crippen molar-refractivity contribution in [3.05, 3.63) is 0 Å². The van der Waals surface area contributed by atoms with E-state index >= 15 is 0 Å². The zero-order valence-corrected chi connectivity index (χ0v) is 12.6. The molecule has 1 saturated heterocycles. The van der Waals surface area contributed by atoms with E-state index in [1.54, 1.807) is 0 Å². The van der Waals surface area contributed by atoms with Crippen molar-refractivity contribution in [3.8, 4) is 0 Å². The summed E-state index contributed by atoms with van der Waals surface area (Å²) in [6.45, 7) is 1.50. The lowest BCUT2D eigenvalue weighted by molar-refractivity contribution is -0.146. The van der Waals surface area contributed by atoms with E-state index in [1.165, 1.54) is 19.3 Å². The minimum absolute atomic E-state index is 0.171. The van der Waals surface area contributed by atoms with Crippen LogP contribution in [0.2, 0.25) is 0 Å². The summed E-state index contributed by atoms with van der Waals surface area (Å²) in [4.78, 5) is 15.2. The molecule has 0 aromatic heterocycles. The maximum atomic E-state index is 13.1. The van der Waals surface area contributed by atoms with Gasteiger partial charge >= 0.3 is 0 Å². The summed E-state index contributed by atoms with van der Waals surface area (Å²) in [5, 5.41) is 9.23. The Bertz CT molecular complexity index is 310. The predicted octanol–water partition coefficient (Wildman–Crippen LogP) is 2.05. The largest absolute Gasteiger partial charge is 0.396 e. The number of rotatable bonds is 4. The van der Waals surface area contributed by atoms with E-state index in [4.69, 9.17) is 5.73 Å². The molecule has 1 aliphatic heterocycles. The number of likely N-dealkylation sites (tertiary alicyclic amines) is 1. The molecular formula is C16H30N2O2. The third kappa shape index (κ3) is 3.34. The van der Waals surface area contributed by atoms with Gasteiger partial charge in [-0.1, -0.05) is 25.7 Å². The molecule has 3 N–H and O–H groups in total. The molecule has 2 fully saturated rings. The Morgan fingerprint density at radius 1 is 1.15 bits per heavy atom. The first-order valence-electron chi connectivity index (χ1n) is 8.35. The van der Waals surface area contributed by atoms with E-state index in [0.29, 0.717) is 13.0 Å². The Balaban J connectivity index is 2.12. The highest BCUT2D eigenvalue weighted by atomic mass is 16.3. The van der Waals surface area contributed by atoms with Crippen molar-refractivity contribution in [2.75, 3.05) is 19.7 Å². The highest BCUT2D eigenvalue weighted by Gasteiger charge is 2.42.